The van der Waals surface area contributed by atoms with Crippen LogP contribution in [0.5, 0.6) is 0 Å². The summed E-state index contributed by atoms with van der Waals surface area (Å²) in [5.74, 6) is 2.39. The van der Waals surface area contributed by atoms with Crippen LogP contribution in [0, 0.1) is 29.1 Å². The lowest BCUT2D eigenvalue weighted by molar-refractivity contribution is -0.269. The molecule has 33 heavy (non-hydrogen) atoms. The lowest BCUT2D eigenvalue weighted by atomic mass is 9.51. The van der Waals surface area contributed by atoms with Crippen molar-refractivity contribution in [1.82, 2.24) is 10.4 Å². The zero-order valence-electron chi connectivity index (χ0n) is 23.3. The lowest BCUT2D eigenvalue weighted by Crippen LogP contribution is -2.65. The molecule has 1 saturated heterocycles. The molecule has 1 aliphatic heterocycles. The number of nitrogens with one attached hydrogen (secondary N) is 1. The Labute approximate surface area is 204 Å². The maximum Gasteiger partial charge on any atom is 0.129 e. The number of ketones is 1. The summed E-state index contributed by atoms with van der Waals surface area (Å²) < 4.78 is 0. The fourth-order valence-electron chi connectivity index (χ4n) is 7.47. The van der Waals surface area contributed by atoms with E-state index in [4.69, 9.17) is 4.84 Å². The van der Waals surface area contributed by atoms with Gasteiger partial charge in [-0.3, -0.25) is 5.32 Å². The average molecular weight is 467 g/mol. The molecule has 0 amide bonds. The number of hydrogen-bond acceptors (Lipinski definition) is 5. The van der Waals surface area contributed by atoms with Crippen molar-refractivity contribution in [2.75, 3.05) is 7.11 Å². The maximum absolute atomic E-state index is 11.5. The highest BCUT2D eigenvalue weighted by Crippen LogP contribution is 2.56. The van der Waals surface area contributed by atoms with E-state index in [1.165, 1.54) is 19.3 Å². The van der Waals surface area contributed by atoms with Gasteiger partial charge in [0.05, 0.1) is 7.11 Å². The normalized spacial score (nSPS) is 31.4. The van der Waals surface area contributed by atoms with Crippen molar-refractivity contribution < 1.29 is 14.7 Å². The number of hydroxylamine groups is 2. The summed E-state index contributed by atoms with van der Waals surface area (Å²) in [6.45, 7) is 19.9. The third-order valence-corrected chi connectivity index (χ3v) is 9.41. The van der Waals surface area contributed by atoms with Gasteiger partial charge in [0, 0.05) is 29.5 Å². The zero-order valence-corrected chi connectivity index (χ0v) is 23.3. The minimum absolute atomic E-state index is 0.0937. The van der Waals surface area contributed by atoms with Crippen LogP contribution >= 0.6 is 0 Å². The van der Waals surface area contributed by atoms with Gasteiger partial charge in [0.15, 0.2) is 0 Å². The molecule has 194 valence electrons. The zero-order chi connectivity index (χ0) is 25.2. The van der Waals surface area contributed by atoms with Gasteiger partial charge in [0.25, 0.3) is 0 Å². The summed E-state index contributed by atoms with van der Waals surface area (Å²) in [6.07, 6.45) is 7.89. The molecular formula is C28H54N2O3. The van der Waals surface area contributed by atoms with Crippen LogP contribution in [0.25, 0.3) is 0 Å². The van der Waals surface area contributed by atoms with E-state index in [2.05, 4.69) is 65.8 Å². The first-order valence-corrected chi connectivity index (χ1v) is 13.5. The molecular weight excluding hydrogens is 412 g/mol. The van der Waals surface area contributed by atoms with Crippen LogP contribution < -0.4 is 5.32 Å². The van der Waals surface area contributed by atoms with E-state index in [9.17, 15) is 9.90 Å². The Bertz CT molecular complexity index is 631. The average Bonchev–Trinajstić information content (AvgIpc) is 2.67. The summed E-state index contributed by atoms with van der Waals surface area (Å²) in [6, 6.07) is 0.259. The molecule has 0 spiro atoms. The van der Waals surface area contributed by atoms with Gasteiger partial charge in [0.2, 0.25) is 0 Å². The van der Waals surface area contributed by atoms with E-state index < -0.39 is 6.23 Å². The SMILES string of the molecule is CCC(CCC(C)=O)CC(C)C1CCC1(C)C(C)C(O)NC1CC(C)(C)N(OC)C(C)(C)C1. The van der Waals surface area contributed by atoms with E-state index in [0.717, 1.165) is 25.7 Å². The molecule has 2 fully saturated rings. The number of Topliss-reactive ketones (excluding diaryl/α,β-unsaturated/α-hetero) is 1. The third-order valence-electron chi connectivity index (χ3n) is 9.41. The first-order valence-electron chi connectivity index (χ1n) is 13.5. The molecule has 2 aliphatic rings. The monoisotopic (exact) mass is 466 g/mol. The number of piperidine rings is 1. The smallest absolute Gasteiger partial charge is 0.129 e. The van der Waals surface area contributed by atoms with Gasteiger partial charge in [-0.2, -0.15) is 5.06 Å². The number of aliphatic hydroxyl groups is 1. The molecule has 6 unspecified atom stereocenters. The Hall–Kier alpha value is -0.490. The van der Waals surface area contributed by atoms with Gasteiger partial charge in [-0.1, -0.05) is 34.1 Å². The van der Waals surface area contributed by atoms with Gasteiger partial charge in [-0.25, -0.2) is 0 Å². The predicted molar refractivity (Wildman–Crippen MR) is 137 cm³/mol. The standard InChI is InChI=1S/C28H54N2O3/c1-11-22(13-12-20(3)31)16-19(2)24-14-15-28(24,9)21(4)25(32)29-23-17-26(5,6)30(33-10)27(7,8)18-23/h19,21-25,29,32H,11-18H2,1-10H3. The second-order valence-electron chi connectivity index (χ2n) is 13.0. The highest BCUT2D eigenvalue weighted by atomic mass is 16.7. The van der Waals surface area contributed by atoms with Crippen molar-refractivity contribution in [2.45, 2.75) is 137 Å². The van der Waals surface area contributed by atoms with E-state index in [1.54, 1.807) is 14.0 Å². The van der Waals surface area contributed by atoms with Crippen molar-refractivity contribution in [2.24, 2.45) is 29.1 Å². The molecule has 2 N–H and O–H groups in total. The quantitative estimate of drug-likeness (QED) is 0.348. The van der Waals surface area contributed by atoms with Gasteiger partial charge in [0.1, 0.15) is 12.0 Å². The molecule has 0 bridgehead atoms. The number of carbonyl (C=O) groups is 1. The summed E-state index contributed by atoms with van der Waals surface area (Å²) in [7, 11) is 1.76. The Balaban J connectivity index is 2.00. The maximum atomic E-state index is 11.5. The largest absolute Gasteiger partial charge is 0.378 e. The van der Waals surface area contributed by atoms with Crippen LogP contribution in [-0.2, 0) is 9.63 Å². The van der Waals surface area contributed by atoms with Crippen LogP contribution in [0.15, 0.2) is 0 Å². The predicted octanol–water partition coefficient (Wildman–Crippen LogP) is 5.95. The topological polar surface area (TPSA) is 61.8 Å². The number of carbonyl (C=O) groups excluding carboxylic acids is 1. The second-order valence-corrected chi connectivity index (χ2v) is 13.0. The molecule has 6 atom stereocenters. The number of aliphatic hydroxyl groups excluding tert-OH is 1. The van der Waals surface area contributed by atoms with Crippen LogP contribution in [0.4, 0.5) is 0 Å². The van der Waals surface area contributed by atoms with Crippen molar-refractivity contribution in [3.63, 3.8) is 0 Å². The van der Waals surface area contributed by atoms with Crippen LogP contribution in [-0.4, -0.2) is 46.4 Å². The number of nitrogens with zero attached hydrogens (tertiary/aromatic N) is 1. The molecule has 1 saturated carbocycles. The molecule has 1 heterocycles. The van der Waals surface area contributed by atoms with Gasteiger partial charge < -0.3 is 14.7 Å². The summed E-state index contributed by atoms with van der Waals surface area (Å²) in [5, 5.41) is 17.1. The van der Waals surface area contributed by atoms with Crippen LogP contribution in [0.1, 0.15) is 114 Å². The summed E-state index contributed by atoms with van der Waals surface area (Å²) >= 11 is 0. The first-order chi connectivity index (χ1) is 15.2. The Morgan fingerprint density at radius 1 is 1.15 bits per heavy atom. The third kappa shape index (κ3) is 6.59. The van der Waals surface area contributed by atoms with Crippen molar-refractivity contribution in [1.29, 1.82) is 0 Å². The molecule has 2 rings (SSSR count). The van der Waals surface area contributed by atoms with Crippen molar-refractivity contribution >= 4 is 5.78 Å². The van der Waals surface area contributed by atoms with Gasteiger partial charge in [-0.05, 0) is 96.3 Å². The van der Waals surface area contributed by atoms with Gasteiger partial charge >= 0.3 is 0 Å². The highest BCUT2D eigenvalue weighted by Gasteiger charge is 2.52. The Kier molecular flexibility index (Phi) is 9.63. The molecule has 0 aromatic heterocycles. The molecule has 1 aliphatic carbocycles. The van der Waals surface area contributed by atoms with E-state index in [-0.39, 0.29) is 28.5 Å². The fourth-order valence-corrected chi connectivity index (χ4v) is 7.47. The molecule has 0 aromatic carbocycles. The second kappa shape index (κ2) is 11.1. The van der Waals surface area contributed by atoms with Crippen LogP contribution in [0.2, 0.25) is 0 Å². The molecule has 5 heteroatoms. The van der Waals surface area contributed by atoms with E-state index in [1.807, 2.05) is 0 Å². The Morgan fingerprint density at radius 3 is 2.15 bits per heavy atom. The van der Waals surface area contributed by atoms with E-state index in [0.29, 0.717) is 30.0 Å². The Morgan fingerprint density at radius 2 is 1.73 bits per heavy atom. The van der Waals surface area contributed by atoms with Gasteiger partial charge in [-0.15, -0.1) is 0 Å². The first kappa shape index (κ1) is 28.7. The minimum atomic E-state index is -0.504. The summed E-state index contributed by atoms with van der Waals surface area (Å²) in [5.41, 5.74) is -0.0316. The van der Waals surface area contributed by atoms with Crippen LogP contribution in [0.3, 0.4) is 0 Å². The van der Waals surface area contributed by atoms with Crippen molar-refractivity contribution in [3.05, 3.63) is 0 Å². The summed E-state index contributed by atoms with van der Waals surface area (Å²) in [4.78, 5) is 17.2. The number of hydrogen-bond donors (Lipinski definition) is 2. The molecule has 0 radical (unpaired) electrons. The minimum Gasteiger partial charge on any atom is -0.378 e. The van der Waals surface area contributed by atoms with E-state index >= 15 is 0 Å². The van der Waals surface area contributed by atoms with Crippen molar-refractivity contribution in [3.8, 4) is 0 Å². The lowest BCUT2D eigenvalue weighted by Gasteiger charge is -2.57. The molecule has 0 aromatic rings. The fraction of sp³-hybridized carbons (Fsp3) is 0.964. The molecule has 5 nitrogen and oxygen atoms in total. The highest BCUT2D eigenvalue weighted by molar-refractivity contribution is 5.75. The number of rotatable bonds is 12.